The van der Waals surface area contributed by atoms with Gasteiger partial charge in [-0.3, -0.25) is 0 Å². The summed E-state index contributed by atoms with van der Waals surface area (Å²) < 4.78 is 38.3. The Labute approximate surface area is 109 Å². The zero-order valence-corrected chi connectivity index (χ0v) is 11.9. The van der Waals surface area contributed by atoms with Crippen LogP contribution in [0.25, 0.3) is 0 Å². The standard InChI is InChI=1S/C13H24FNO2S/c1-18(16,17)12-6-2-4-10(8-12)13(14)7-3-5-11(15)9-13/h10-12H,2-9,15H2,1H3. The van der Waals surface area contributed by atoms with Crippen LogP contribution < -0.4 is 5.73 Å². The van der Waals surface area contributed by atoms with Crippen molar-refractivity contribution in [1.29, 1.82) is 0 Å². The number of hydrogen-bond acceptors (Lipinski definition) is 3. The average molecular weight is 277 g/mol. The highest BCUT2D eigenvalue weighted by atomic mass is 32.2. The van der Waals surface area contributed by atoms with E-state index in [0.717, 1.165) is 25.7 Å². The van der Waals surface area contributed by atoms with Crippen molar-refractivity contribution in [3.63, 3.8) is 0 Å². The smallest absolute Gasteiger partial charge is 0.150 e. The van der Waals surface area contributed by atoms with E-state index in [-0.39, 0.29) is 17.2 Å². The van der Waals surface area contributed by atoms with Crippen molar-refractivity contribution in [2.75, 3.05) is 6.26 Å². The van der Waals surface area contributed by atoms with Gasteiger partial charge in [0.1, 0.15) is 15.5 Å². The third-order valence-corrected chi connectivity index (χ3v) is 6.37. The predicted molar refractivity (Wildman–Crippen MR) is 70.9 cm³/mol. The molecule has 0 aromatic carbocycles. The Morgan fingerprint density at radius 1 is 1.22 bits per heavy atom. The molecule has 4 atom stereocenters. The highest BCUT2D eigenvalue weighted by Crippen LogP contribution is 2.45. The summed E-state index contributed by atoms with van der Waals surface area (Å²) in [5.41, 5.74) is 4.66. The Kier molecular flexibility index (Phi) is 4.02. The zero-order valence-electron chi connectivity index (χ0n) is 11.1. The number of halogens is 1. The summed E-state index contributed by atoms with van der Waals surface area (Å²) in [4.78, 5) is 0. The van der Waals surface area contributed by atoms with Gasteiger partial charge in [-0.25, -0.2) is 12.8 Å². The van der Waals surface area contributed by atoms with Gasteiger partial charge in [-0.1, -0.05) is 6.42 Å². The maximum absolute atomic E-state index is 15.0. The molecule has 2 N–H and O–H groups in total. The van der Waals surface area contributed by atoms with Crippen LogP contribution in [0.1, 0.15) is 51.4 Å². The second kappa shape index (κ2) is 5.08. The number of sulfone groups is 1. The lowest BCUT2D eigenvalue weighted by Crippen LogP contribution is -2.46. The zero-order chi connectivity index (χ0) is 13.4. The molecule has 2 aliphatic rings. The first kappa shape index (κ1) is 14.3. The van der Waals surface area contributed by atoms with Gasteiger partial charge in [-0.2, -0.15) is 0 Å². The summed E-state index contributed by atoms with van der Waals surface area (Å²) in [5.74, 6) is -0.114. The van der Waals surface area contributed by atoms with E-state index in [2.05, 4.69) is 0 Å². The fourth-order valence-electron chi connectivity index (χ4n) is 3.67. The molecule has 2 saturated carbocycles. The van der Waals surface area contributed by atoms with Gasteiger partial charge in [0.2, 0.25) is 0 Å². The summed E-state index contributed by atoms with van der Waals surface area (Å²) >= 11 is 0. The van der Waals surface area contributed by atoms with Gasteiger partial charge < -0.3 is 5.73 Å². The number of nitrogens with two attached hydrogens (primary N) is 1. The largest absolute Gasteiger partial charge is 0.328 e. The van der Waals surface area contributed by atoms with Crippen molar-refractivity contribution in [2.24, 2.45) is 11.7 Å². The summed E-state index contributed by atoms with van der Waals surface area (Å²) in [5, 5.41) is -0.345. The van der Waals surface area contributed by atoms with E-state index in [1.807, 2.05) is 0 Å². The molecule has 2 rings (SSSR count). The molecule has 0 bridgehead atoms. The minimum Gasteiger partial charge on any atom is -0.328 e. The van der Waals surface area contributed by atoms with Gasteiger partial charge in [0.25, 0.3) is 0 Å². The van der Waals surface area contributed by atoms with Crippen molar-refractivity contribution in [1.82, 2.24) is 0 Å². The van der Waals surface area contributed by atoms with E-state index >= 15 is 0 Å². The summed E-state index contributed by atoms with van der Waals surface area (Å²) in [6, 6.07) is -0.0534. The fraction of sp³-hybridized carbons (Fsp3) is 1.00. The average Bonchev–Trinajstić information content (AvgIpc) is 2.28. The normalized spacial score (nSPS) is 42.7. The molecule has 106 valence electrons. The highest BCUT2D eigenvalue weighted by molar-refractivity contribution is 7.91. The first-order valence-corrected chi connectivity index (χ1v) is 8.90. The summed E-state index contributed by atoms with van der Waals surface area (Å²) in [6.45, 7) is 0. The van der Waals surface area contributed by atoms with E-state index in [4.69, 9.17) is 5.73 Å². The van der Waals surface area contributed by atoms with Crippen molar-refractivity contribution < 1.29 is 12.8 Å². The molecule has 0 aromatic heterocycles. The lowest BCUT2D eigenvalue weighted by Gasteiger charge is -2.42. The summed E-state index contributed by atoms with van der Waals surface area (Å²) in [6.07, 6.45) is 6.79. The molecule has 0 aliphatic heterocycles. The van der Waals surface area contributed by atoms with Gasteiger partial charge in [-0.05, 0) is 50.9 Å². The monoisotopic (exact) mass is 277 g/mol. The maximum Gasteiger partial charge on any atom is 0.150 e. The van der Waals surface area contributed by atoms with Crippen LogP contribution in [0.3, 0.4) is 0 Å². The Balaban J connectivity index is 2.08. The molecule has 0 radical (unpaired) electrons. The SMILES string of the molecule is CS(=O)(=O)C1CCCC(C2(F)CCCC(N)C2)C1. The Morgan fingerprint density at radius 2 is 1.94 bits per heavy atom. The van der Waals surface area contributed by atoms with Gasteiger partial charge in [0.15, 0.2) is 0 Å². The molecule has 2 aliphatic carbocycles. The van der Waals surface area contributed by atoms with Crippen LogP contribution in [0.2, 0.25) is 0 Å². The third kappa shape index (κ3) is 3.05. The molecule has 2 fully saturated rings. The minimum absolute atomic E-state index is 0.0534. The van der Waals surface area contributed by atoms with Crippen molar-refractivity contribution in [3.8, 4) is 0 Å². The predicted octanol–water partition coefficient (Wildman–Crippen LogP) is 2.20. The molecule has 3 nitrogen and oxygen atoms in total. The van der Waals surface area contributed by atoms with Crippen LogP contribution in [0.5, 0.6) is 0 Å². The molecule has 0 amide bonds. The van der Waals surface area contributed by atoms with Gasteiger partial charge in [-0.15, -0.1) is 0 Å². The van der Waals surface area contributed by atoms with E-state index < -0.39 is 15.5 Å². The molecular weight excluding hydrogens is 253 g/mol. The third-order valence-electron chi connectivity index (χ3n) is 4.73. The fourth-order valence-corrected chi connectivity index (χ4v) is 4.85. The molecule has 5 heteroatoms. The van der Waals surface area contributed by atoms with E-state index in [1.165, 1.54) is 6.26 Å². The van der Waals surface area contributed by atoms with Crippen molar-refractivity contribution in [3.05, 3.63) is 0 Å². The second-order valence-corrected chi connectivity index (χ2v) is 8.53. The van der Waals surface area contributed by atoms with E-state index in [0.29, 0.717) is 25.7 Å². The van der Waals surface area contributed by atoms with Crippen molar-refractivity contribution >= 4 is 9.84 Å². The number of alkyl halides is 1. The number of hydrogen-bond donors (Lipinski definition) is 1. The minimum atomic E-state index is -3.04. The van der Waals surface area contributed by atoms with Crippen LogP contribution >= 0.6 is 0 Å². The van der Waals surface area contributed by atoms with Crippen LogP contribution in [-0.4, -0.2) is 31.6 Å². The van der Waals surface area contributed by atoms with E-state index in [1.54, 1.807) is 0 Å². The Morgan fingerprint density at radius 3 is 2.56 bits per heavy atom. The van der Waals surface area contributed by atoms with Crippen molar-refractivity contribution in [2.45, 2.75) is 68.3 Å². The first-order valence-electron chi connectivity index (χ1n) is 6.94. The van der Waals surface area contributed by atoms with E-state index in [9.17, 15) is 12.8 Å². The first-order chi connectivity index (χ1) is 8.31. The molecule has 0 spiro atoms. The Bertz CT molecular complexity index is 398. The van der Waals surface area contributed by atoms with Gasteiger partial charge in [0, 0.05) is 12.3 Å². The molecular formula is C13H24FNO2S. The quantitative estimate of drug-likeness (QED) is 0.841. The van der Waals surface area contributed by atoms with Crippen LogP contribution in [0.15, 0.2) is 0 Å². The molecule has 0 heterocycles. The maximum atomic E-state index is 15.0. The van der Waals surface area contributed by atoms with Gasteiger partial charge in [0.05, 0.1) is 5.25 Å². The number of rotatable bonds is 2. The summed E-state index contributed by atoms with van der Waals surface area (Å²) in [7, 11) is -3.04. The topological polar surface area (TPSA) is 60.2 Å². The molecule has 4 unspecified atom stereocenters. The second-order valence-electron chi connectivity index (χ2n) is 6.21. The molecule has 18 heavy (non-hydrogen) atoms. The Hall–Kier alpha value is -0.160. The highest BCUT2D eigenvalue weighted by Gasteiger charge is 2.45. The van der Waals surface area contributed by atoms with Crippen LogP contribution in [-0.2, 0) is 9.84 Å². The van der Waals surface area contributed by atoms with Crippen LogP contribution in [0.4, 0.5) is 4.39 Å². The lowest BCUT2D eigenvalue weighted by atomic mass is 9.70. The van der Waals surface area contributed by atoms with Crippen LogP contribution in [0, 0.1) is 5.92 Å². The molecule has 0 aromatic rings. The lowest BCUT2D eigenvalue weighted by molar-refractivity contribution is 0.0136. The molecule has 0 saturated heterocycles. The van der Waals surface area contributed by atoms with Gasteiger partial charge >= 0.3 is 0 Å².